The first-order valence-electron chi connectivity index (χ1n) is 7.90. The highest BCUT2D eigenvalue weighted by molar-refractivity contribution is 5.94. The Morgan fingerprint density at radius 2 is 2.04 bits per heavy atom. The van der Waals surface area contributed by atoms with Gasteiger partial charge in [0.2, 0.25) is 0 Å². The lowest BCUT2D eigenvalue weighted by Crippen LogP contribution is -2.27. The van der Waals surface area contributed by atoms with Gasteiger partial charge in [-0.2, -0.15) is 5.26 Å². The van der Waals surface area contributed by atoms with Gasteiger partial charge in [0.1, 0.15) is 5.82 Å². The number of nitriles is 1. The van der Waals surface area contributed by atoms with Crippen molar-refractivity contribution in [3.05, 3.63) is 71.8 Å². The van der Waals surface area contributed by atoms with E-state index in [0.717, 1.165) is 17.1 Å². The summed E-state index contributed by atoms with van der Waals surface area (Å²) in [5.74, 6) is 0.670. The van der Waals surface area contributed by atoms with E-state index < -0.39 is 0 Å². The number of aryl methyl sites for hydroxylation is 1. The Bertz CT molecular complexity index is 907. The number of imidazole rings is 1. The first kappa shape index (κ1) is 16.4. The van der Waals surface area contributed by atoms with Crippen LogP contribution in [0.5, 0.6) is 0 Å². The summed E-state index contributed by atoms with van der Waals surface area (Å²) in [6.07, 6.45) is 5.31. The van der Waals surface area contributed by atoms with E-state index in [2.05, 4.69) is 19.9 Å². The lowest BCUT2D eigenvalue weighted by Gasteiger charge is -2.11. The molecule has 0 spiro atoms. The van der Waals surface area contributed by atoms with Crippen LogP contribution in [-0.2, 0) is 6.54 Å². The molecule has 1 amide bonds. The molecule has 0 aliphatic rings. The molecule has 124 valence electrons. The largest absolute Gasteiger partial charge is 0.350 e. The van der Waals surface area contributed by atoms with Gasteiger partial charge in [0, 0.05) is 48.5 Å². The van der Waals surface area contributed by atoms with E-state index in [4.69, 9.17) is 5.26 Å². The van der Waals surface area contributed by atoms with Gasteiger partial charge in [0.15, 0.2) is 0 Å². The van der Waals surface area contributed by atoms with Crippen molar-refractivity contribution in [2.75, 3.05) is 6.54 Å². The summed E-state index contributed by atoms with van der Waals surface area (Å²) in [7, 11) is 0. The van der Waals surface area contributed by atoms with Crippen LogP contribution in [0.4, 0.5) is 0 Å². The lowest BCUT2D eigenvalue weighted by molar-refractivity contribution is 0.0952. The smallest absolute Gasteiger partial charge is 0.251 e. The van der Waals surface area contributed by atoms with Crippen LogP contribution in [0.15, 0.2) is 55.0 Å². The number of carbonyl (C=O) groups excluding carboxylic acids is 1. The van der Waals surface area contributed by atoms with Crippen LogP contribution in [0.25, 0.3) is 11.4 Å². The van der Waals surface area contributed by atoms with E-state index in [9.17, 15) is 4.79 Å². The van der Waals surface area contributed by atoms with Gasteiger partial charge in [-0.1, -0.05) is 0 Å². The Morgan fingerprint density at radius 3 is 2.72 bits per heavy atom. The fourth-order valence-electron chi connectivity index (χ4n) is 2.55. The fraction of sp³-hybridized carbons (Fsp3) is 0.158. The SMILES string of the molecule is Cc1cnc(-c2cccnc2)n1CCNC(=O)c1ccc(C#N)cc1. The normalized spacial score (nSPS) is 10.2. The monoisotopic (exact) mass is 331 g/mol. The number of hydrogen-bond donors (Lipinski definition) is 1. The third-order valence-electron chi connectivity index (χ3n) is 3.87. The molecule has 6 heteroatoms. The van der Waals surface area contributed by atoms with E-state index in [0.29, 0.717) is 24.2 Å². The summed E-state index contributed by atoms with van der Waals surface area (Å²) in [6.45, 7) is 3.07. The molecule has 1 aromatic carbocycles. The third kappa shape index (κ3) is 3.72. The van der Waals surface area contributed by atoms with Crippen LogP contribution in [0.1, 0.15) is 21.6 Å². The average Bonchev–Trinajstić information content (AvgIpc) is 3.03. The molecule has 0 saturated carbocycles. The molecule has 2 heterocycles. The molecule has 3 rings (SSSR count). The molecule has 25 heavy (non-hydrogen) atoms. The summed E-state index contributed by atoms with van der Waals surface area (Å²) >= 11 is 0. The van der Waals surface area contributed by atoms with E-state index in [1.165, 1.54) is 0 Å². The number of rotatable bonds is 5. The zero-order valence-electron chi connectivity index (χ0n) is 13.8. The number of hydrogen-bond acceptors (Lipinski definition) is 4. The van der Waals surface area contributed by atoms with Crippen LogP contribution in [0.2, 0.25) is 0 Å². The van der Waals surface area contributed by atoms with Crippen molar-refractivity contribution in [3.63, 3.8) is 0 Å². The molecule has 1 N–H and O–H groups in total. The van der Waals surface area contributed by atoms with Crippen molar-refractivity contribution in [2.24, 2.45) is 0 Å². The van der Waals surface area contributed by atoms with Crippen molar-refractivity contribution in [1.82, 2.24) is 19.9 Å². The average molecular weight is 331 g/mol. The van der Waals surface area contributed by atoms with E-state index in [1.54, 1.807) is 36.7 Å². The van der Waals surface area contributed by atoms with Gasteiger partial charge < -0.3 is 9.88 Å². The van der Waals surface area contributed by atoms with Gasteiger partial charge in [-0.15, -0.1) is 0 Å². The molecular weight excluding hydrogens is 314 g/mol. The number of carbonyl (C=O) groups is 1. The maximum Gasteiger partial charge on any atom is 0.251 e. The molecule has 6 nitrogen and oxygen atoms in total. The van der Waals surface area contributed by atoms with E-state index >= 15 is 0 Å². The Hall–Kier alpha value is -3.46. The quantitative estimate of drug-likeness (QED) is 0.779. The van der Waals surface area contributed by atoms with Gasteiger partial charge in [-0.3, -0.25) is 9.78 Å². The maximum absolute atomic E-state index is 12.2. The molecule has 0 unspecified atom stereocenters. The number of aromatic nitrogens is 3. The van der Waals surface area contributed by atoms with Crippen molar-refractivity contribution in [3.8, 4) is 17.5 Å². The summed E-state index contributed by atoms with van der Waals surface area (Å²) in [4.78, 5) is 20.8. The number of amides is 1. The molecule has 0 aliphatic carbocycles. The Morgan fingerprint density at radius 1 is 1.24 bits per heavy atom. The van der Waals surface area contributed by atoms with E-state index in [-0.39, 0.29) is 5.91 Å². The molecule has 2 aromatic heterocycles. The summed E-state index contributed by atoms with van der Waals surface area (Å²) in [6, 6.07) is 12.4. The Labute approximate surface area is 145 Å². The molecule has 0 bridgehead atoms. The molecule has 0 radical (unpaired) electrons. The van der Waals surface area contributed by atoms with Gasteiger partial charge in [-0.05, 0) is 43.3 Å². The zero-order chi connectivity index (χ0) is 17.6. The second-order valence-corrected chi connectivity index (χ2v) is 5.56. The summed E-state index contributed by atoms with van der Waals surface area (Å²) in [5, 5.41) is 11.7. The molecule has 0 saturated heterocycles. The first-order chi connectivity index (χ1) is 12.2. The number of benzene rings is 1. The maximum atomic E-state index is 12.2. The standard InChI is InChI=1S/C19H17N5O/c1-14-12-23-18(17-3-2-8-21-13-17)24(14)10-9-22-19(25)16-6-4-15(11-20)5-7-16/h2-8,12-13H,9-10H2,1H3,(H,22,25). The molecule has 0 fully saturated rings. The van der Waals surface area contributed by atoms with Crippen molar-refractivity contribution >= 4 is 5.91 Å². The van der Waals surface area contributed by atoms with Crippen LogP contribution in [0.3, 0.4) is 0 Å². The Balaban J connectivity index is 1.65. The fourth-order valence-corrected chi connectivity index (χ4v) is 2.55. The van der Waals surface area contributed by atoms with Gasteiger partial charge in [-0.25, -0.2) is 4.98 Å². The number of nitrogens with one attached hydrogen (secondary N) is 1. The second kappa shape index (κ2) is 7.41. The number of nitrogens with zero attached hydrogens (tertiary/aromatic N) is 4. The molecular formula is C19H17N5O. The minimum atomic E-state index is -0.162. The zero-order valence-corrected chi connectivity index (χ0v) is 13.8. The van der Waals surface area contributed by atoms with Gasteiger partial charge >= 0.3 is 0 Å². The van der Waals surface area contributed by atoms with Gasteiger partial charge in [0.25, 0.3) is 5.91 Å². The Kier molecular flexibility index (Phi) is 4.86. The summed E-state index contributed by atoms with van der Waals surface area (Å²) in [5.41, 5.74) is 3.03. The van der Waals surface area contributed by atoms with E-state index in [1.807, 2.05) is 31.3 Å². The van der Waals surface area contributed by atoms with Crippen molar-refractivity contribution < 1.29 is 4.79 Å². The topological polar surface area (TPSA) is 83.6 Å². The predicted octanol–water partition coefficient (Wildman–Crippen LogP) is 2.56. The highest BCUT2D eigenvalue weighted by Crippen LogP contribution is 2.18. The minimum absolute atomic E-state index is 0.162. The highest BCUT2D eigenvalue weighted by Gasteiger charge is 2.10. The van der Waals surface area contributed by atoms with Crippen LogP contribution in [0, 0.1) is 18.3 Å². The van der Waals surface area contributed by atoms with Gasteiger partial charge in [0.05, 0.1) is 11.6 Å². The summed E-state index contributed by atoms with van der Waals surface area (Å²) < 4.78 is 2.05. The lowest BCUT2D eigenvalue weighted by atomic mass is 10.1. The van der Waals surface area contributed by atoms with Crippen LogP contribution < -0.4 is 5.32 Å². The minimum Gasteiger partial charge on any atom is -0.350 e. The number of pyridine rings is 1. The second-order valence-electron chi connectivity index (χ2n) is 5.56. The van der Waals surface area contributed by atoms with Crippen LogP contribution >= 0.6 is 0 Å². The van der Waals surface area contributed by atoms with Crippen LogP contribution in [-0.4, -0.2) is 27.0 Å². The van der Waals surface area contributed by atoms with Crippen molar-refractivity contribution in [2.45, 2.75) is 13.5 Å². The predicted molar refractivity (Wildman–Crippen MR) is 93.7 cm³/mol. The van der Waals surface area contributed by atoms with Crippen molar-refractivity contribution in [1.29, 1.82) is 5.26 Å². The molecule has 3 aromatic rings. The molecule has 0 atom stereocenters. The first-order valence-corrected chi connectivity index (χ1v) is 7.90. The third-order valence-corrected chi connectivity index (χ3v) is 3.87. The molecule has 0 aliphatic heterocycles. The highest BCUT2D eigenvalue weighted by atomic mass is 16.1.